The van der Waals surface area contributed by atoms with Crippen LogP contribution in [-0.4, -0.2) is 46.6 Å². The van der Waals surface area contributed by atoms with Crippen LogP contribution in [0, 0.1) is 10.1 Å². The van der Waals surface area contributed by atoms with E-state index in [2.05, 4.69) is 11.9 Å². The summed E-state index contributed by atoms with van der Waals surface area (Å²) in [6, 6.07) is 4.76. The summed E-state index contributed by atoms with van der Waals surface area (Å²) in [5.74, 6) is -0.334. The number of carbonyl (C=O) groups is 2. The Kier molecular flexibility index (Phi) is 8.11. The molecule has 1 aromatic carbocycles. The lowest BCUT2D eigenvalue weighted by Crippen LogP contribution is -2.48. The number of unbranched alkanes of at least 4 members (excludes halogenated alkanes) is 2. The molecule has 1 unspecified atom stereocenters. The molecule has 1 rings (SSSR count). The predicted molar refractivity (Wildman–Crippen MR) is 93.4 cm³/mol. The van der Waals surface area contributed by atoms with E-state index in [1.807, 2.05) is 6.08 Å². The molecule has 2 N–H and O–H groups in total. The van der Waals surface area contributed by atoms with Crippen LogP contribution >= 0.6 is 0 Å². The van der Waals surface area contributed by atoms with Crippen LogP contribution in [0.4, 0.5) is 10.5 Å². The summed E-state index contributed by atoms with van der Waals surface area (Å²) in [6.07, 6.45) is 3.21. The fourth-order valence-electron chi connectivity index (χ4n) is 2.35. The van der Waals surface area contributed by atoms with Gasteiger partial charge in [0, 0.05) is 32.1 Å². The molecular formula is C17H23N3O5. The van der Waals surface area contributed by atoms with Crippen molar-refractivity contribution in [2.75, 3.05) is 13.6 Å². The molecule has 0 radical (unpaired) electrons. The number of non-ortho nitro benzene ring substituents is 1. The highest BCUT2D eigenvalue weighted by atomic mass is 16.6. The Morgan fingerprint density at radius 2 is 2.00 bits per heavy atom. The van der Waals surface area contributed by atoms with Crippen LogP contribution in [0.15, 0.2) is 36.9 Å². The highest BCUT2D eigenvalue weighted by Crippen LogP contribution is 2.14. The third kappa shape index (κ3) is 7.03. The molecule has 0 heterocycles. The van der Waals surface area contributed by atoms with Crippen molar-refractivity contribution in [3.63, 3.8) is 0 Å². The Morgan fingerprint density at radius 3 is 2.52 bits per heavy atom. The highest BCUT2D eigenvalue weighted by molar-refractivity contribution is 5.85. The second-order valence-corrected chi connectivity index (χ2v) is 5.67. The first-order chi connectivity index (χ1) is 11.8. The Bertz CT molecular complexity index is 615. The number of rotatable bonds is 10. The zero-order chi connectivity index (χ0) is 18.8. The number of nitro groups is 1. The molecule has 0 aromatic heterocycles. The molecule has 0 aliphatic carbocycles. The van der Waals surface area contributed by atoms with Gasteiger partial charge in [-0.3, -0.25) is 14.9 Å². The molecule has 8 heteroatoms. The molecular weight excluding hydrogens is 326 g/mol. The standard InChI is InChI=1S/C17H23N3O5/c1-3-4-5-6-11-19(2)16(21)15(18-17(22)23)12-13-7-9-14(10-8-13)20(24)25/h3,7-10,15,18H,1,4-6,11-12H2,2H3,(H,22,23). The fraction of sp³-hybridized carbons (Fsp3) is 0.412. The minimum absolute atomic E-state index is 0.0582. The average Bonchev–Trinajstić information content (AvgIpc) is 2.57. The van der Waals surface area contributed by atoms with Gasteiger partial charge >= 0.3 is 6.09 Å². The topological polar surface area (TPSA) is 113 Å². The molecule has 0 aliphatic rings. The Labute approximate surface area is 146 Å². The maximum absolute atomic E-state index is 12.5. The van der Waals surface area contributed by atoms with Crippen LogP contribution < -0.4 is 5.32 Å². The predicted octanol–water partition coefficient (Wildman–Crippen LogP) is 2.59. The third-order valence-electron chi connectivity index (χ3n) is 3.71. The van der Waals surface area contributed by atoms with Crippen LogP contribution in [0.3, 0.4) is 0 Å². The summed E-state index contributed by atoms with van der Waals surface area (Å²) in [7, 11) is 1.63. The van der Waals surface area contributed by atoms with Gasteiger partial charge in [0.2, 0.25) is 5.91 Å². The highest BCUT2D eigenvalue weighted by Gasteiger charge is 2.24. The summed E-state index contributed by atoms with van der Waals surface area (Å²) in [5.41, 5.74) is 0.579. The number of hydrogen-bond acceptors (Lipinski definition) is 4. The maximum Gasteiger partial charge on any atom is 0.405 e. The van der Waals surface area contributed by atoms with E-state index in [1.165, 1.54) is 29.2 Å². The number of hydrogen-bond donors (Lipinski definition) is 2. The summed E-state index contributed by atoms with van der Waals surface area (Å²) >= 11 is 0. The molecule has 1 aromatic rings. The van der Waals surface area contributed by atoms with Crippen LogP contribution in [0.2, 0.25) is 0 Å². The van der Waals surface area contributed by atoms with Crippen molar-refractivity contribution >= 4 is 17.7 Å². The molecule has 0 aliphatic heterocycles. The van der Waals surface area contributed by atoms with Gasteiger partial charge in [-0.25, -0.2) is 4.79 Å². The van der Waals surface area contributed by atoms with Gasteiger partial charge in [0.25, 0.3) is 5.69 Å². The molecule has 25 heavy (non-hydrogen) atoms. The molecule has 2 amide bonds. The van der Waals surface area contributed by atoms with Crippen LogP contribution in [0.5, 0.6) is 0 Å². The van der Waals surface area contributed by atoms with Gasteiger partial charge < -0.3 is 15.3 Å². The van der Waals surface area contributed by atoms with Crippen LogP contribution in [0.1, 0.15) is 24.8 Å². The number of benzene rings is 1. The summed E-state index contributed by atoms with van der Waals surface area (Å²) in [5, 5.41) is 21.9. The Hall–Kier alpha value is -2.90. The van der Waals surface area contributed by atoms with E-state index in [0.29, 0.717) is 12.1 Å². The van der Waals surface area contributed by atoms with E-state index in [4.69, 9.17) is 5.11 Å². The quantitative estimate of drug-likeness (QED) is 0.292. The average molecular weight is 349 g/mol. The van der Waals surface area contributed by atoms with E-state index in [1.54, 1.807) is 7.05 Å². The van der Waals surface area contributed by atoms with E-state index in [0.717, 1.165) is 19.3 Å². The van der Waals surface area contributed by atoms with Crippen LogP contribution in [-0.2, 0) is 11.2 Å². The first-order valence-electron chi connectivity index (χ1n) is 7.93. The number of allylic oxidation sites excluding steroid dienone is 1. The minimum atomic E-state index is -1.29. The molecule has 0 saturated heterocycles. The maximum atomic E-state index is 12.5. The van der Waals surface area contributed by atoms with Crippen molar-refractivity contribution in [1.82, 2.24) is 10.2 Å². The second-order valence-electron chi connectivity index (χ2n) is 5.67. The molecule has 0 bridgehead atoms. The Morgan fingerprint density at radius 1 is 1.36 bits per heavy atom. The molecule has 0 saturated carbocycles. The van der Waals surface area contributed by atoms with Crippen molar-refractivity contribution in [3.05, 3.63) is 52.6 Å². The number of nitro benzene ring substituents is 1. The molecule has 136 valence electrons. The van der Waals surface area contributed by atoms with E-state index in [-0.39, 0.29) is 18.0 Å². The monoisotopic (exact) mass is 349 g/mol. The van der Waals surface area contributed by atoms with Gasteiger partial charge in [0.1, 0.15) is 6.04 Å². The van der Waals surface area contributed by atoms with E-state index < -0.39 is 17.1 Å². The molecule has 0 fully saturated rings. The zero-order valence-corrected chi connectivity index (χ0v) is 14.2. The van der Waals surface area contributed by atoms with Gasteiger partial charge in [-0.2, -0.15) is 0 Å². The van der Waals surface area contributed by atoms with Crippen molar-refractivity contribution in [3.8, 4) is 0 Å². The number of nitrogens with one attached hydrogen (secondary N) is 1. The Balaban J connectivity index is 2.74. The molecule has 8 nitrogen and oxygen atoms in total. The summed E-state index contributed by atoms with van der Waals surface area (Å²) < 4.78 is 0. The van der Waals surface area contributed by atoms with Crippen molar-refractivity contribution in [2.24, 2.45) is 0 Å². The van der Waals surface area contributed by atoms with Gasteiger partial charge in [-0.05, 0) is 24.8 Å². The van der Waals surface area contributed by atoms with Gasteiger partial charge in [0.15, 0.2) is 0 Å². The van der Waals surface area contributed by atoms with E-state index >= 15 is 0 Å². The number of nitrogens with zero attached hydrogens (tertiary/aromatic N) is 2. The minimum Gasteiger partial charge on any atom is -0.465 e. The number of likely N-dealkylation sites (N-methyl/N-ethyl adjacent to an activating group) is 1. The number of amides is 2. The van der Waals surface area contributed by atoms with Crippen molar-refractivity contribution in [1.29, 1.82) is 0 Å². The number of carboxylic acid groups (broad SMARTS) is 1. The van der Waals surface area contributed by atoms with Crippen molar-refractivity contribution < 1.29 is 19.6 Å². The summed E-state index contributed by atoms with van der Waals surface area (Å²) in [4.78, 5) is 35.1. The van der Waals surface area contributed by atoms with Gasteiger partial charge in [0.05, 0.1) is 4.92 Å². The lowest BCUT2D eigenvalue weighted by atomic mass is 10.0. The fourth-order valence-corrected chi connectivity index (χ4v) is 2.35. The lowest BCUT2D eigenvalue weighted by molar-refractivity contribution is -0.384. The number of carbonyl (C=O) groups excluding carboxylic acids is 1. The normalized spacial score (nSPS) is 11.4. The van der Waals surface area contributed by atoms with E-state index in [9.17, 15) is 19.7 Å². The third-order valence-corrected chi connectivity index (χ3v) is 3.71. The lowest BCUT2D eigenvalue weighted by Gasteiger charge is -2.24. The van der Waals surface area contributed by atoms with Gasteiger partial charge in [-0.15, -0.1) is 6.58 Å². The van der Waals surface area contributed by atoms with Crippen LogP contribution in [0.25, 0.3) is 0 Å². The van der Waals surface area contributed by atoms with Gasteiger partial charge in [-0.1, -0.05) is 18.2 Å². The first kappa shape index (κ1) is 20.1. The SMILES string of the molecule is C=CCCCCN(C)C(=O)C(Cc1ccc([N+](=O)[O-])cc1)NC(=O)O. The first-order valence-corrected chi connectivity index (χ1v) is 7.93. The second kappa shape index (κ2) is 10.1. The zero-order valence-electron chi connectivity index (χ0n) is 14.2. The smallest absolute Gasteiger partial charge is 0.405 e. The summed E-state index contributed by atoms with van der Waals surface area (Å²) in [6.45, 7) is 4.16. The molecule has 0 spiro atoms. The largest absolute Gasteiger partial charge is 0.465 e. The molecule has 1 atom stereocenters. The van der Waals surface area contributed by atoms with Crippen molar-refractivity contribution in [2.45, 2.75) is 31.7 Å².